The second kappa shape index (κ2) is 11.6. The van der Waals surface area contributed by atoms with Crippen LogP contribution in [0.5, 0.6) is 0 Å². The molecule has 224 valence electrons. The van der Waals surface area contributed by atoms with Crippen LogP contribution in [-0.4, -0.2) is 0 Å². The van der Waals surface area contributed by atoms with Crippen molar-refractivity contribution in [3.8, 4) is 18.2 Å². The molecule has 0 amide bonds. The third-order valence-corrected chi connectivity index (χ3v) is 7.73. The molecule has 0 fully saturated rings. The van der Waals surface area contributed by atoms with Crippen LogP contribution in [0.4, 0.5) is 22.0 Å². The van der Waals surface area contributed by atoms with Crippen LogP contribution in [0.1, 0.15) is 62.1 Å². The first-order valence-corrected chi connectivity index (χ1v) is 13.4. The van der Waals surface area contributed by atoms with E-state index in [-0.39, 0.29) is 67.1 Å². The number of allylic oxidation sites excluding steroid dienone is 7. The Bertz CT molecular complexity index is 2290. The molecule has 0 heterocycles. The molecule has 5 rings (SSSR count). The van der Waals surface area contributed by atoms with Crippen LogP contribution in [0.2, 0.25) is 0 Å². The van der Waals surface area contributed by atoms with Crippen molar-refractivity contribution < 1.29 is 22.0 Å². The van der Waals surface area contributed by atoms with Gasteiger partial charge in [0.1, 0.15) is 6.07 Å². The van der Waals surface area contributed by atoms with Gasteiger partial charge in [-0.2, -0.15) is 18.4 Å². The summed E-state index contributed by atoms with van der Waals surface area (Å²) in [6.07, 6.45) is -8.66. The lowest BCUT2D eigenvalue weighted by atomic mass is 9.91. The molecule has 0 saturated heterocycles. The maximum absolute atomic E-state index is 13.9. The topological polar surface area (TPSA) is 84.4 Å². The molecule has 2 aliphatic rings. The Morgan fingerprint density at radius 2 is 1.28 bits per heavy atom. The molecule has 2 aliphatic carbocycles. The molecule has 6 nitrogen and oxygen atoms in total. The Hall–Kier alpha value is -6.79. The van der Waals surface area contributed by atoms with Crippen molar-refractivity contribution in [2.75, 3.05) is 0 Å². The monoisotopic (exact) mass is 626 g/mol. The highest BCUT2D eigenvalue weighted by Crippen LogP contribution is 2.55. The van der Waals surface area contributed by atoms with Crippen molar-refractivity contribution in [2.24, 2.45) is 0 Å². The Balaban J connectivity index is 1.92. The van der Waals surface area contributed by atoms with Crippen LogP contribution in [0, 0.1) is 67.6 Å². The minimum Gasteiger partial charge on any atom is -0.237 e. The highest BCUT2D eigenvalue weighted by Gasteiger charge is 2.39. The number of hydrogen-bond acceptors (Lipinski definition) is 3. The number of nitriles is 3. The van der Waals surface area contributed by atoms with Gasteiger partial charge in [0.2, 0.25) is 5.70 Å². The van der Waals surface area contributed by atoms with Gasteiger partial charge in [-0.25, -0.2) is 33.8 Å². The molecule has 0 aromatic heterocycles. The molecule has 0 aliphatic heterocycles. The smallest absolute Gasteiger partial charge is 0.237 e. The van der Waals surface area contributed by atoms with E-state index in [4.69, 9.17) is 19.7 Å². The zero-order valence-corrected chi connectivity index (χ0v) is 24.3. The van der Waals surface area contributed by atoms with Gasteiger partial charge in [0, 0.05) is 11.1 Å². The van der Waals surface area contributed by atoms with Crippen LogP contribution in [0.15, 0.2) is 59.9 Å². The molecule has 0 saturated carbocycles. The number of halogens is 5. The number of hydrogen-bond donors (Lipinski definition) is 0. The average molecular weight is 627 g/mol. The minimum absolute atomic E-state index is 0.0347. The second-order valence-corrected chi connectivity index (χ2v) is 10.5. The molecule has 0 N–H and O–H groups in total. The number of benzene rings is 3. The maximum atomic E-state index is 13.9. The summed E-state index contributed by atoms with van der Waals surface area (Å²) in [5.74, 6) is 0. The van der Waals surface area contributed by atoms with E-state index < -0.39 is 29.4 Å². The Morgan fingerprint density at radius 3 is 1.77 bits per heavy atom. The van der Waals surface area contributed by atoms with E-state index in [9.17, 15) is 37.7 Å². The van der Waals surface area contributed by atoms with Crippen molar-refractivity contribution in [2.45, 2.75) is 26.4 Å². The van der Waals surface area contributed by atoms with Crippen molar-refractivity contribution in [3.05, 3.63) is 150 Å². The first-order chi connectivity index (χ1) is 22.3. The van der Waals surface area contributed by atoms with Crippen LogP contribution in [0.25, 0.3) is 48.1 Å². The van der Waals surface area contributed by atoms with Gasteiger partial charge in [0.25, 0.3) is 17.8 Å². The van der Waals surface area contributed by atoms with Crippen molar-refractivity contribution in [1.29, 1.82) is 15.8 Å². The van der Waals surface area contributed by atoms with Crippen molar-refractivity contribution in [1.82, 2.24) is 0 Å². The molecular weight excluding hydrogens is 611 g/mol. The maximum Gasteiger partial charge on any atom is 0.416 e. The summed E-state index contributed by atoms with van der Waals surface area (Å²) in [4.78, 5) is 10.4. The van der Waals surface area contributed by atoms with Gasteiger partial charge in [-0.05, 0) is 76.1 Å². The fourth-order valence-electron chi connectivity index (χ4n) is 6.03. The molecule has 0 unspecified atom stereocenters. The van der Waals surface area contributed by atoms with Gasteiger partial charge in [-0.3, -0.25) is 0 Å². The quantitative estimate of drug-likeness (QED) is 0.165. The van der Waals surface area contributed by atoms with E-state index in [1.807, 2.05) is 32.1 Å². The summed E-state index contributed by atoms with van der Waals surface area (Å²) in [6.45, 7) is 27.1. The largest absolute Gasteiger partial charge is 0.416 e. The Labute approximate surface area is 265 Å². The van der Waals surface area contributed by atoms with Gasteiger partial charge in [0.15, 0.2) is 0 Å². The van der Waals surface area contributed by atoms with Crippen molar-refractivity contribution in [3.63, 3.8) is 0 Å². The fourth-order valence-corrected chi connectivity index (χ4v) is 6.03. The fraction of sp³-hybridized carbons (Fsp3) is 0.111. The van der Waals surface area contributed by atoms with E-state index in [0.29, 0.717) is 17.7 Å². The van der Waals surface area contributed by atoms with Gasteiger partial charge in [0.05, 0.1) is 43.0 Å². The SMILES string of the molecule is [C-]#[N+]C1=C(c2cc(C)cc(C)c2)/C(=C(/C#N)[N+]#[C-])c2cc3c(cc21)/C(=C(/C#N)[N+]#[C-])C(c1ccc(C(F)F)c(C(F)(F)F)c1)=C3C#N. The number of fused-ring (bicyclic) bond motifs is 2. The minimum atomic E-state index is -5.20. The zero-order chi connectivity index (χ0) is 34.4. The molecule has 0 spiro atoms. The molecule has 11 heteroatoms. The standard InChI is InChI=1S/C36H15F5N6/c1-17-8-18(2)10-20(9-17)31-33(29(16-44)46-4)24-12-22-23(13-25(24)34(31)47-5)32(28(15-43)45-3)30(26(22)14-42)19-6-7-21(35(37)38)27(11-19)36(39,40)41/h6-13,35H,1-2H3/b32-28+,33-29-. The lowest BCUT2D eigenvalue weighted by Gasteiger charge is -2.16. The molecule has 0 radical (unpaired) electrons. The van der Waals surface area contributed by atoms with E-state index in [2.05, 4.69) is 14.5 Å². The summed E-state index contributed by atoms with van der Waals surface area (Å²) in [7, 11) is 0. The average Bonchev–Trinajstić information content (AvgIpc) is 3.52. The van der Waals surface area contributed by atoms with Gasteiger partial charge in [-0.1, -0.05) is 47.5 Å². The van der Waals surface area contributed by atoms with E-state index in [1.54, 1.807) is 18.2 Å². The predicted octanol–water partition coefficient (Wildman–Crippen LogP) is 9.82. The predicted molar refractivity (Wildman–Crippen MR) is 163 cm³/mol. The van der Waals surface area contributed by atoms with Crippen LogP contribution < -0.4 is 0 Å². The molecule has 3 aromatic carbocycles. The summed E-state index contributed by atoms with van der Waals surface area (Å²) in [5.41, 5.74) is -1.74. The molecule has 0 bridgehead atoms. The number of nitrogens with zero attached hydrogens (tertiary/aromatic N) is 6. The molecule has 47 heavy (non-hydrogen) atoms. The lowest BCUT2D eigenvalue weighted by molar-refractivity contribution is -0.139. The normalized spacial score (nSPS) is 15.5. The first kappa shape index (κ1) is 31.6. The van der Waals surface area contributed by atoms with Crippen LogP contribution >= 0.6 is 0 Å². The Morgan fingerprint density at radius 1 is 0.723 bits per heavy atom. The highest BCUT2D eigenvalue weighted by atomic mass is 19.4. The molecule has 3 aromatic rings. The first-order valence-electron chi connectivity index (χ1n) is 13.4. The summed E-state index contributed by atoms with van der Waals surface area (Å²) in [5, 5.41) is 30.2. The molecular formula is C36H15F5N6. The third-order valence-electron chi connectivity index (χ3n) is 7.73. The third kappa shape index (κ3) is 5.00. The number of alkyl halides is 5. The van der Waals surface area contributed by atoms with E-state index in [1.165, 1.54) is 12.1 Å². The summed E-state index contributed by atoms with van der Waals surface area (Å²) >= 11 is 0. The lowest BCUT2D eigenvalue weighted by Crippen LogP contribution is -2.10. The summed E-state index contributed by atoms with van der Waals surface area (Å²) < 4.78 is 69.0. The zero-order valence-electron chi connectivity index (χ0n) is 24.3. The number of aryl methyl sites for hydroxylation is 2. The van der Waals surface area contributed by atoms with Gasteiger partial charge in [-0.15, -0.1) is 0 Å². The Kier molecular flexibility index (Phi) is 7.82. The van der Waals surface area contributed by atoms with Gasteiger partial charge < -0.3 is 0 Å². The van der Waals surface area contributed by atoms with Crippen LogP contribution in [0.3, 0.4) is 0 Å². The van der Waals surface area contributed by atoms with E-state index >= 15 is 0 Å². The van der Waals surface area contributed by atoms with Gasteiger partial charge >= 0.3 is 6.18 Å². The van der Waals surface area contributed by atoms with Crippen molar-refractivity contribution >= 4 is 33.6 Å². The van der Waals surface area contributed by atoms with Crippen LogP contribution in [-0.2, 0) is 6.18 Å². The highest BCUT2D eigenvalue weighted by molar-refractivity contribution is 6.29. The second-order valence-electron chi connectivity index (χ2n) is 10.5. The van der Waals surface area contributed by atoms with E-state index in [0.717, 1.165) is 17.2 Å². The number of rotatable bonds is 3. The molecule has 0 atom stereocenters. The summed E-state index contributed by atoms with van der Waals surface area (Å²) in [6, 6.07) is 15.8.